The Kier molecular flexibility index (Phi) is 3.12. The van der Waals surface area contributed by atoms with Gasteiger partial charge in [-0.05, 0) is 29.6 Å². The van der Waals surface area contributed by atoms with Gasteiger partial charge < -0.3 is 9.25 Å². The molecule has 3 aromatic carbocycles. The first-order valence-corrected chi connectivity index (χ1v) is 10.2. The van der Waals surface area contributed by atoms with Crippen LogP contribution in [0.2, 0.25) is 0 Å². The number of rotatable bonds is 1. The van der Waals surface area contributed by atoms with Gasteiger partial charge in [0.2, 0.25) is 0 Å². The maximum atomic E-state index is 7.87. The van der Waals surface area contributed by atoms with Crippen LogP contribution in [-0.2, 0) is 12.6 Å². The molecule has 0 saturated heterocycles. The second-order valence-electron chi connectivity index (χ2n) is 8.74. The van der Waals surface area contributed by atoms with Crippen molar-refractivity contribution in [2.24, 2.45) is 7.05 Å². The second-order valence-corrected chi connectivity index (χ2v) is 8.74. The molecule has 144 valence electrons. The third-order valence-corrected chi connectivity index (χ3v) is 6.54. The van der Waals surface area contributed by atoms with E-state index in [2.05, 4.69) is 76.3 Å². The molecule has 0 N–H and O–H groups in total. The second kappa shape index (κ2) is 5.46. The van der Waals surface area contributed by atoms with Gasteiger partial charge in [0, 0.05) is 36.1 Å². The molecule has 0 saturated carbocycles. The molecule has 3 heterocycles. The lowest BCUT2D eigenvalue weighted by atomic mass is 9.89. The van der Waals surface area contributed by atoms with Gasteiger partial charge in [-0.15, -0.1) is 0 Å². The Morgan fingerprint density at radius 2 is 1.77 bits per heavy atom. The summed E-state index contributed by atoms with van der Waals surface area (Å²) in [5.74, 6) is 0. The van der Waals surface area contributed by atoms with Crippen molar-refractivity contribution in [3.63, 3.8) is 0 Å². The van der Waals surface area contributed by atoms with Gasteiger partial charge in [0.05, 0.1) is 34.5 Å². The lowest BCUT2D eigenvalue weighted by molar-refractivity contribution is -0.646. The van der Waals surface area contributed by atoms with Crippen LogP contribution < -0.4 is 4.57 Å². The van der Waals surface area contributed by atoms with Crippen LogP contribution in [0.4, 0.5) is 0 Å². The summed E-state index contributed by atoms with van der Waals surface area (Å²) in [6.45, 7) is 14.0. The highest BCUT2D eigenvalue weighted by atomic mass is 15.0. The van der Waals surface area contributed by atoms with Crippen molar-refractivity contribution in [3.8, 4) is 0 Å². The Hall–Kier alpha value is -3.71. The molecule has 6 aromatic rings. The molecule has 6 rings (SSSR count). The third-order valence-electron chi connectivity index (χ3n) is 6.54. The molecular weight excluding hydrogens is 368 g/mol. The SMILES string of the molecule is [C-]#[N+]C(C)(C)c1cc2nc[n+](C)c3c4c(C)cccc4n4c5ccccc5c1c4c23. The lowest BCUT2D eigenvalue weighted by Gasteiger charge is -2.16. The number of hydrogen-bond donors (Lipinski definition) is 0. The van der Waals surface area contributed by atoms with E-state index in [1.165, 1.54) is 38.3 Å². The van der Waals surface area contributed by atoms with Crippen molar-refractivity contribution < 1.29 is 4.57 Å². The van der Waals surface area contributed by atoms with Crippen LogP contribution in [0.3, 0.4) is 0 Å². The number of para-hydroxylation sites is 1. The number of benzene rings is 3. The number of aromatic nitrogens is 3. The van der Waals surface area contributed by atoms with E-state index in [-0.39, 0.29) is 0 Å². The van der Waals surface area contributed by atoms with Gasteiger partial charge >= 0.3 is 0 Å². The van der Waals surface area contributed by atoms with Gasteiger partial charge in [0.15, 0.2) is 5.52 Å². The van der Waals surface area contributed by atoms with E-state index in [0.29, 0.717) is 0 Å². The predicted octanol–water partition coefficient (Wildman–Crippen LogP) is 5.67. The van der Waals surface area contributed by atoms with Gasteiger partial charge in [-0.3, -0.25) is 0 Å². The van der Waals surface area contributed by atoms with Crippen LogP contribution in [-0.4, -0.2) is 9.38 Å². The minimum absolute atomic E-state index is 0.643. The zero-order chi connectivity index (χ0) is 20.8. The maximum absolute atomic E-state index is 7.87. The van der Waals surface area contributed by atoms with E-state index < -0.39 is 5.54 Å². The van der Waals surface area contributed by atoms with Crippen LogP contribution in [0.15, 0.2) is 54.9 Å². The molecule has 0 spiro atoms. The maximum Gasteiger partial charge on any atom is 0.287 e. The minimum atomic E-state index is -0.643. The van der Waals surface area contributed by atoms with Gasteiger partial charge in [0.1, 0.15) is 5.52 Å². The van der Waals surface area contributed by atoms with Gasteiger partial charge in [-0.2, -0.15) is 0 Å². The zero-order valence-electron chi connectivity index (χ0n) is 17.5. The van der Waals surface area contributed by atoms with Gasteiger partial charge in [-0.1, -0.05) is 30.3 Å². The summed E-state index contributed by atoms with van der Waals surface area (Å²) in [5.41, 5.74) is 7.31. The number of hydrogen-bond acceptors (Lipinski definition) is 1. The summed E-state index contributed by atoms with van der Waals surface area (Å²) in [4.78, 5) is 8.78. The number of fused-ring (bicyclic) bond motifs is 6. The lowest BCUT2D eigenvalue weighted by Crippen LogP contribution is -2.30. The molecule has 0 radical (unpaired) electrons. The molecule has 30 heavy (non-hydrogen) atoms. The molecule has 3 aromatic heterocycles. The highest BCUT2D eigenvalue weighted by molar-refractivity contribution is 6.27. The Bertz CT molecular complexity index is 1700. The fourth-order valence-corrected chi connectivity index (χ4v) is 5.11. The molecule has 0 aliphatic heterocycles. The van der Waals surface area contributed by atoms with Crippen molar-refractivity contribution in [2.75, 3.05) is 0 Å². The highest BCUT2D eigenvalue weighted by Gasteiger charge is 2.34. The Morgan fingerprint density at radius 3 is 2.57 bits per heavy atom. The molecule has 0 aliphatic carbocycles. The molecule has 0 unspecified atom stereocenters. The molecule has 0 atom stereocenters. The van der Waals surface area contributed by atoms with Crippen LogP contribution >= 0.6 is 0 Å². The quantitative estimate of drug-likeness (QED) is 0.154. The van der Waals surface area contributed by atoms with Crippen LogP contribution in [0.1, 0.15) is 25.0 Å². The standard InChI is InChI=1S/C26H21N4/c1-15-9-8-12-20-21(15)24-23-18(28-14-29(24)5)13-17(26(2,3)27-4)22-16-10-6-7-11-19(16)30(20)25(22)23/h6-14H,1-3,5H3/q+1. The Balaban J connectivity index is 2.12. The predicted molar refractivity (Wildman–Crippen MR) is 122 cm³/mol. The van der Waals surface area contributed by atoms with Crippen LogP contribution in [0.25, 0.3) is 54.0 Å². The monoisotopic (exact) mass is 389 g/mol. The molecule has 0 amide bonds. The fourth-order valence-electron chi connectivity index (χ4n) is 5.11. The summed E-state index contributed by atoms with van der Waals surface area (Å²) in [6, 6.07) is 17.2. The summed E-state index contributed by atoms with van der Waals surface area (Å²) in [5, 5.41) is 4.77. The first-order chi connectivity index (χ1) is 14.4. The highest BCUT2D eigenvalue weighted by Crippen LogP contribution is 2.44. The van der Waals surface area contributed by atoms with Crippen LogP contribution in [0, 0.1) is 13.5 Å². The smallest absolute Gasteiger partial charge is 0.287 e. The third kappa shape index (κ3) is 1.90. The van der Waals surface area contributed by atoms with E-state index in [9.17, 15) is 0 Å². The minimum Gasteiger partial charge on any atom is -0.308 e. The van der Waals surface area contributed by atoms with Crippen molar-refractivity contribution in [1.29, 1.82) is 0 Å². The zero-order valence-corrected chi connectivity index (χ0v) is 17.5. The Morgan fingerprint density at radius 1 is 1.00 bits per heavy atom. The van der Waals surface area contributed by atoms with Crippen molar-refractivity contribution in [2.45, 2.75) is 26.3 Å². The fraction of sp³-hybridized carbons (Fsp3) is 0.192. The Labute approximate surface area is 174 Å². The van der Waals surface area contributed by atoms with Crippen molar-refractivity contribution in [3.05, 3.63) is 77.4 Å². The van der Waals surface area contributed by atoms with Crippen molar-refractivity contribution in [1.82, 2.24) is 9.38 Å². The van der Waals surface area contributed by atoms with E-state index in [1.54, 1.807) is 0 Å². The average molecular weight is 389 g/mol. The molecule has 4 nitrogen and oxygen atoms in total. The summed E-state index contributed by atoms with van der Waals surface area (Å²) in [6.07, 6.45) is 1.90. The number of aryl methyl sites for hydroxylation is 2. The summed E-state index contributed by atoms with van der Waals surface area (Å²) < 4.78 is 4.52. The largest absolute Gasteiger partial charge is 0.308 e. The molecule has 0 bridgehead atoms. The first kappa shape index (κ1) is 17.2. The van der Waals surface area contributed by atoms with Gasteiger partial charge in [0.25, 0.3) is 11.9 Å². The summed E-state index contributed by atoms with van der Waals surface area (Å²) in [7, 11) is 2.07. The van der Waals surface area contributed by atoms with Crippen molar-refractivity contribution >= 4 is 49.1 Å². The molecular formula is C26H21N4+. The summed E-state index contributed by atoms with van der Waals surface area (Å²) >= 11 is 0. The number of nitrogens with zero attached hydrogens (tertiary/aromatic N) is 4. The van der Waals surface area contributed by atoms with Crippen LogP contribution in [0.5, 0.6) is 0 Å². The van der Waals surface area contributed by atoms with Gasteiger partial charge in [-0.25, -0.2) is 11.1 Å². The normalized spacial score (nSPS) is 12.6. The molecule has 0 aliphatic rings. The topological polar surface area (TPSA) is 25.5 Å². The molecule has 4 heteroatoms. The van der Waals surface area contributed by atoms with E-state index in [4.69, 9.17) is 11.6 Å². The van der Waals surface area contributed by atoms with E-state index in [1.807, 2.05) is 20.2 Å². The number of pyridine rings is 1. The molecule has 0 fully saturated rings. The van der Waals surface area contributed by atoms with E-state index >= 15 is 0 Å². The first-order valence-electron chi connectivity index (χ1n) is 10.2. The average Bonchev–Trinajstić information content (AvgIpc) is 3.10. The van der Waals surface area contributed by atoms with E-state index in [0.717, 1.165) is 22.0 Å².